The molecule has 0 bridgehead atoms. The quantitative estimate of drug-likeness (QED) is 0.702. The lowest BCUT2D eigenvalue weighted by Gasteiger charge is -2.13. The number of nitrogens with zero attached hydrogens (tertiary/aromatic N) is 2. The number of benzene rings is 1. The van der Waals surface area contributed by atoms with Crippen LogP contribution in [0.15, 0.2) is 36.7 Å². The Kier molecular flexibility index (Phi) is 4.00. The van der Waals surface area contributed by atoms with Crippen LogP contribution in [0.2, 0.25) is 0 Å². The van der Waals surface area contributed by atoms with Gasteiger partial charge in [-0.25, -0.2) is 4.79 Å². The van der Waals surface area contributed by atoms with Gasteiger partial charge in [0, 0.05) is 35.5 Å². The maximum Gasteiger partial charge on any atom is 0.411 e. The molecule has 1 atom stereocenters. The molecule has 0 saturated carbocycles. The number of methoxy groups -OCH3 is 1. The van der Waals surface area contributed by atoms with Crippen molar-refractivity contribution in [1.29, 1.82) is 0 Å². The fourth-order valence-electron chi connectivity index (χ4n) is 3.09. The number of nitrogens with one attached hydrogen (secondary N) is 2. The molecule has 8 heteroatoms. The molecular weight excluding hydrogens is 336 g/mol. The van der Waals surface area contributed by atoms with Crippen molar-refractivity contribution in [3.05, 3.63) is 42.2 Å². The minimum absolute atomic E-state index is 0.00396. The summed E-state index contributed by atoms with van der Waals surface area (Å²) in [5.74, 6) is -0.423. The van der Waals surface area contributed by atoms with Crippen LogP contribution in [-0.2, 0) is 20.7 Å². The fourth-order valence-corrected chi connectivity index (χ4v) is 3.09. The third-order valence-electron chi connectivity index (χ3n) is 4.32. The second-order valence-electron chi connectivity index (χ2n) is 6.00. The van der Waals surface area contributed by atoms with Gasteiger partial charge >= 0.3 is 12.1 Å². The first-order valence-electron chi connectivity index (χ1n) is 8.10. The molecule has 0 aliphatic carbocycles. The molecule has 26 heavy (non-hydrogen) atoms. The van der Waals surface area contributed by atoms with E-state index in [0.717, 1.165) is 27.7 Å². The number of carbonyl (C=O) groups is 2. The van der Waals surface area contributed by atoms with Gasteiger partial charge in [-0.3, -0.25) is 20.2 Å². The predicted octanol–water partition coefficient (Wildman–Crippen LogP) is 2.66. The summed E-state index contributed by atoms with van der Waals surface area (Å²) >= 11 is 0. The van der Waals surface area contributed by atoms with Crippen LogP contribution in [0.5, 0.6) is 0 Å². The van der Waals surface area contributed by atoms with E-state index in [-0.39, 0.29) is 6.42 Å². The van der Waals surface area contributed by atoms with Gasteiger partial charge in [0.25, 0.3) is 0 Å². The summed E-state index contributed by atoms with van der Waals surface area (Å²) in [5, 5.41) is 11.0. The van der Waals surface area contributed by atoms with Crippen LogP contribution in [0.1, 0.15) is 12.0 Å². The van der Waals surface area contributed by atoms with Crippen molar-refractivity contribution in [3.63, 3.8) is 0 Å². The van der Waals surface area contributed by atoms with E-state index in [1.54, 1.807) is 12.4 Å². The molecule has 1 aliphatic heterocycles. The van der Waals surface area contributed by atoms with Crippen molar-refractivity contribution in [2.75, 3.05) is 12.4 Å². The Morgan fingerprint density at radius 2 is 2.15 bits per heavy atom. The molecule has 1 aliphatic rings. The van der Waals surface area contributed by atoms with Crippen molar-refractivity contribution in [3.8, 4) is 11.3 Å². The molecule has 3 aromatic rings. The highest BCUT2D eigenvalue weighted by Gasteiger charge is 2.26. The van der Waals surface area contributed by atoms with Gasteiger partial charge in [-0.15, -0.1) is 0 Å². The molecule has 8 nitrogen and oxygen atoms in total. The molecule has 3 heterocycles. The second-order valence-corrected chi connectivity index (χ2v) is 6.00. The van der Waals surface area contributed by atoms with Crippen LogP contribution >= 0.6 is 0 Å². The molecule has 0 radical (unpaired) electrons. The highest BCUT2D eigenvalue weighted by atomic mass is 16.6. The van der Waals surface area contributed by atoms with E-state index in [2.05, 4.69) is 25.2 Å². The van der Waals surface area contributed by atoms with Crippen molar-refractivity contribution >= 4 is 28.7 Å². The van der Waals surface area contributed by atoms with E-state index < -0.39 is 18.2 Å². The number of hydrogen-bond acceptors (Lipinski definition) is 6. The number of cyclic esters (lactones) is 1. The number of ether oxygens (including phenoxy) is 2. The molecule has 0 spiro atoms. The zero-order valence-corrected chi connectivity index (χ0v) is 14.0. The highest BCUT2D eigenvalue weighted by Crippen LogP contribution is 2.32. The average Bonchev–Trinajstić information content (AvgIpc) is 2.97. The maximum absolute atomic E-state index is 12.0. The summed E-state index contributed by atoms with van der Waals surface area (Å²) in [5.41, 5.74) is 4.04. The number of anilines is 1. The first kappa shape index (κ1) is 16.1. The Morgan fingerprint density at radius 3 is 2.92 bits per heavy atom. The predicted molar refractivity (Wildman–Crippen MR) is 93.6 cm³/mol. The van der Waals surface area contributed by atoms with Crippen molar-refractivity contribution in [2.45, 2.75) is 18.9 Å². The van der Waals surface area contributed by atoms with Crippen molar-refractivity contribution in [2.24, 2.45) is 0 Å². The molecular formula is C18H16N4O4. The van der Waals surface area contributed by atoms with Gasteiger partial charge in [0.2, 0.25) is 0 Å². The van der Waals surface area contributed by atoms with Gasteiger partial charge < -0.3 is 9.47 Å². The molecule has 2 aromatic heterocycles. The number of rotatable bonds is 3. The first-order chi connectivity index (χ1) is 12.6. The first-order valence-corrected chi connectivity index (χ1v) is 8.10. The molecule has 2 N–H and O–H groups in total. The Balaban J connectivity index is 1.76. The number of hydrogen-bond donors (Lipinski definition) is 2. The van der Waals surface area contributed by atoms with Gasteiger partial charge in [-0.1, -0.05) is 0 Å². The number of amides is 1. The standard InChI is InChI=1S/C18H16N4O4/c1-25-16(23)8-12-6-11-7-13-15(9-14(11)20-18(24)26-12)21-22-17(13)10-2-4-19-5-3-10/h2-5,7,9,12H,6,8H2,1H3,(H,20,24)(H,21,22). The van der Waals surface area contributed by atoms with Crippen LogP contribution < -0.4 is 5.32 Å². The number of pyridine rings is 1. The van der Waals surface area contributed by atoms with Crippen LogP contribution in [-0.4, -0.2) is 40.5 Å². The lowest BCUT2D eigenvalue weighted by Crippen LogP contribution is -2.24. The zero-order chi connectivity index (χ0) is 18.1. The van der Waals surface area contributed by atoms with E-state index >= 15 is 0 Å². The van der Waals surface area contributed by atoms with E-state index in [4.69, 9.17) is 4.74 Å². The van der Waals surface area contributed by atoms with Crippen LogP contribution in [0, 0.1) is 0 Å². The Morgan fingerprint density at radius 1 is 1.35 bits per heavy atom. The smallest absolute Gasteiger partial charge is 0.411 e. The molecule has 1 unspecified atom stereocenters. The molecule has 4 rings (SSSR count). The maximum atomic E-state index is 12.0. The molecule has 0 fully saturated rings. The second kappa shape index (κ2) is 6.47. The summed E-state index contributed by atoms with van der Waals surface area (Å²) in [4.78, 5) is 27.6. The zero-order valence-electron chi connectivity index (χ0n) is 14.0. The average molecular weight is 352 g/mol. The summed E-state index contributed by atoms with van der Waals surface area (Å²) < 4.78 is 9.98. The number of carbonyl (C=O) groups excluding carboxylic acids is 2. The Hall–Kier alpha value is -3.42. The lowest BCUT2D eigenvalue weighted by molar-refractivity contribution is -0.142. The molecule has 132 valence electrons. The van der Waals surface area contributed by atoms with E-state index in [9.17, 15) is 9.59 Å². The number of fused-ring (bicyclic) bond motifs is 2. The van der Waals surface area contributed by atoms with E-state index in [1.807, 2.05) is 24.3 Å². The number of aromatic amines is 1. The number of aromatic nitrogens is 3. The monoisotopic (exact) mass is 352 g/mol. The van der Waals surface area contributed by atoms with Crippen molar-refractivity contribution in [1.82, 2.24) is 15.2 Å². The highest BCUT2D eigenvalue weighted by molar-refractivity contribution is 5.98. The molecule has 1 amide bonds. The number of esters is 1. The molecule has 1 aromatic carbocycles. The van der Waals surface area contributed by atoms with E-state index in [0.29, 0.717) is 12.1 Å². The van der Waals surface area contributed by atoms with Gasteiger partial charge in [0.1, 0.15) is 11.8 Å². The third-order valence-corrected chi connectivity index (χ3v) is 4.32. The van der Waals surface area contributed by atoms with E-state index in [1.165, 1.54) is 7.11 Å². The summed E-state index contributed by atoms with van der Waals surface area (Å²) in [6.07, 6.45) is 2.65. The van der Waals surface area contributed by atoms with Gasteiger partial charge in [-0.2, -0.15) is 5.10 Å². The number of H-pyrrole nitrogens is 1. The largest absolute Gasteiger partial charge is 0.469 e. The Bertz CT molecular complexity index is 984. The SMILES string of the molecule is COC(=O)CC1Cc2cc3c(-c4ccncc4)n[nH]c3cc2NC(=O)O1. The summed E-state index contributed by atoms with van der Waals surface area (Å²) in [6, 6.07) is 7.55. The van der Waals surface area contributed by atoms with Crippen LogP contribution in [0.4, 0.5) is 10.5 Å². The van der Waals surface area contributed by atoms with Crippen LogP contribution in [0.3, 0.4) is 0 Å². The topological polar surface area (TPSA) is 106 Å². The van der Waals surface area contributed by atoms with Crippen LogP contribution in [0.25, 0.3) is 22.2 Å². The van der Waals surface area contributed by atoms with Gasteiger partial charge in [-0.05, 0) is 29.8 Å². The lowest BCUT2D eigenvalue weighted by atomic mass is 10.00. The fraction of sp³-hybridized carbons (Fsp3) is 0.222. The third kappa shape index (κ3) is 2.97. The molecule has 0 saturated heterocycles. The van der Waals surface area contributed by atoms with Gasteiger partial charge in [0.05, 0.1) is 19.0 Å². The normalized spacial score (nSPS) is 16.3. The summed E-state index contributed by atoms with van der Waals surface area (Å²) in [6.45, 7) is 0. The van der Waals surface area contributed by atoms with Gasteiger partial charge in [0.15, 0.2) is 0 Å². The summed E-state index contributed by atoms with van der Waals surface area (Å²) in [7, 11) is 1.31. The van der Waals surface area contributed by atoms with Crippen molar-refractivity contribution < 1.29 is 19.1 Å². The minimum Gasteiger partial charge on any atom is -0.469 e. The Labute approximate surface area is 148 Å². The minimum atomic E-state index is -0.592.